The highest BCUT2D eigenvalue weighted by Crippen LogP contribution is 2.62. The van der Waals surface area contributed by atoms with Crippen LogP contribution in [0, 0.1) is 0 Å². The molecule has 9 saturated heterocycles. The molecule has 0 aromatic carbocycles. The Morgan fingerprint density at radius 1 is 0.403 bits per heavy atom. The molecule has 21 rings (SSSR count). The van der Waals surface area contributed by atoms with Crippen LogP contribution in [0.5, 0.6) is 0 Å². The quantitative estimate of drug-likeness (QED) is 0.0646. The van der Waals surface area contributed by atoms with Crippen molar-refractivity contribution in [3.05, 3.63) is 111 Å². The molecule has 12 aromatic heterocycles. The number of fused-ring (bicyclic) bond motifs is 15. The molecular weight excluding hydrogens is 2060 g/mol. The molecule has 6 unspecified atom stereocenters. The topological polar surface area (TPSA) is 714 Å². The molecule has 9 aliphatic heterocycles. The minimum Gasteiger partial charge on any atom is -0.397 e. The second kappa shape index (κ2) is 36.7. The van der Waals surface area contributed by atoms with E-state index in [0.29, 0.717) is 28.2 Å². The van der Waals surface area contributed by atoms with E-state index < -0.39 is 236 Å². The van der Waals surface area contributed by atoms with E-state index in [1.165, 1.54) is 78.8 Å². The van der Waals surface area contributed by atoms with Crippen LogP contribution in [0.25, 0.3) is 61.5 Å². The van der Waals surface area contributed by atoms with Crippen LogP contribution in [-0.4, -0.2) is 270 Å². The normalized spacial score (nSPS) is 37.3. The second-order valence-electron chi connectivity index (χ2n) is 30.5. The number of nitrogens with one attached hydrogen (secondary N) is 3. The zero-order chi connectivity index (χ0) is 94.6. The third-order valence-corrected chi connectivity index (χ3v) is 32.9. The third-order valence-electron chi connectivity index (χ3n) is 22.0. The SMILES string of the molecule is Nc1nc2c(ncn2[C@@H]2O[C@@H]3COP(=O)(S)O[C@H]4[C@H](F)[C@H](n5cnc6c(N)ccnc65)O[C@@H]4COP(O)(=S)O[C@@H]2[C@@H]3F)c(=O)[nH]1.Nc1nc2c(ncn2[C@@H]2O[C@@H]3COP(O)(=S)O[C@H]4C[C@H](c5cnc6c(N)ccnn56)O[C@@H]4COP(O)(=S)O[C@@H]2[C@@H]3F)c(=O)[nH]1.Nc1nc2c(ncn2[C@@H]2S[C@@H]3COP(O)(=S)O[C@H]4[C@@H](F)[C@H](n5cnc6c(N)ccnc65)O[C@@H]4COP(O)(=S)O[C@@H]2[C@@H]3F)c(=O)[nH]1. The first kappa shape index (κ1) is 95.6. The number of nitrogens with two attached hydrogens (primary N) is 6. The highest BCUT2D eigenvalue weighted by molar-refractivity contribution is 8.44. The van der Waals surface area contributed by atoms with Gasteiger partial charge in [0.25, 0.3) is 16.7 Å². The van der Waals surface area contributed by atoms with E-state index in [4.69, 9.17) is 171 Å². The Bertz CT molecular complexity index is 6840. The molecule has 29 atom stereocenters. The van der Waals surface area contributed by atoms with Gasteiger partial charge >= 0.3 is 40.4 Å². The van der Waals surface area contributed by atoms with Crippen molar-refractivity contribution in [2.75, 3.05) is 74.0 Å². The van der Waals surface area contributed by atoms with Crippen molar-refractivity contribution in [1.29, 1.82) is 0 Å². The number of nitrogens with zero attached hydrogens (tertiary/aromatic N) is 18. The number of aromatic amines is 3. The highest BCUT2D eigenvalue weighted by atomic mass is 32.7. The maximum atomic E-state index is 16.0. The van der Waals surface area contributed by atoms with E-state index in [2.05, 4.69) is 87.1 Å². The van der Waals surface area contributed by atoms with E-state index in [0.717, 1.165) is 22.7 Å². The molecule has 53 nitrogen and oxygen atoms in total. The van der Waals surface area contributed by atoms with Gasteiger partial charge in [0.2, 0.25) is 17.8 Å². The first-order valence-electron chi connectivity index (χ1n) is 39.0. The van der Waals surface area contributed by atoms with Crippen molar-refractivity contribution in [2.45, 2.75) is 146 Å². The lowest BCUT2D eigenvalue weighted by Crippen LogP contribution is -2.34. The monoisotopic (exact) mass is 2130 g/mol. The molecule has 6 bridgehead atoms. The Morgan fingerprint density at radius 3 is 1.28 bits per heavy atom. The van der Waals surface area contributed by atoms with Crippen molar-refractivity contribution < 1.29 is 129 Å². The van der Waals surface area contributed by atoms with Gasteiger partial charge in [0.1, 0.15) is 89.7 Å². The minimum atomic E-state index is -4.44. The Kier molecular flexibility index (Phi) is 26.2. The molecule has 134 heavy (non-hydrogen) atoms. The van der Waals surface area contributed by atoms with E-state index >= 15 is 22.0 Å². The summed E-state index contributed by atoms with van der Waals surface area (Å²) in [6, 6.07) is 4.65. The van der Waals surface area contributed by atoms with Crippen LogP contribution in [0.1, 0.15) is 48.5 Å². The summed E-state index contributed by atoms with van der Waals surface area (Å²) < 4.78 is 197. The lowest BCUT2D eigenvalue weighted by atomic mass is 10.1. The number of thiol groups is 1. The van der Waals surface area contributed by atoms with E-state index in [1.54, 1.807) is 12.3 Å². The van der Waals surface area contributed by atoms with Crippen molar-refractivity contribution >= 4 is 220 Å². The lowest BCUT2D eigenvalue weighted by Gasteiger charge is -2.27. The van der Waals surface area contributed by atoms with Gasteiger partial charge in [-0.05, 0) is 77.2 Å². The Labute approximate surface area is 777 Å². The van der Waals surface area contributed by atoms with Crippen LogP contribution in [0.15, 0.2) is 89.0 Å². The summed E-state index contributed by atoms with van der Waals surface area (Å²) in [6.07, 6.45) is -19.6. The number of aromatic nitrogens is 21. The van der Waals surface area contributed by atoms with Crippen molar-refractivity contribution in [2.24, 2.45) is 0 Å². The average molecular weight is 2130 g/mol. The molecule has 0 saturated carbocycles. The largest absolute Gasteiger partial charge is 0.397 e. The Balaban J connectivity index is 0.000000129. The van der Waals surface area contributed by atoms with Gasteiger partial charge in [-0.25, -0.2) is 70.9 Å². The average Bonchev–Trinajstić information content (AvgIpc) is 1.61. The summed E-state index contributed by atoms with van der Waals surface area (Å²) in [6.45, 7) is -29.0. The van der Waals surface area contributed by atoms with Crippen molar-refractivity contribution in [3.63, 3.8) is 0 Å². The molecule has 0 radical (unpaired) electrons. The number of anilines is 6. The fraction of sp³-hybridized carbons (Fsp3) is 0.476. The van der Waals surface area contributed by atoms with Crippen LogP contribution in [0.4, 0.5) is 56.9 Å². The summed E-state index contributed by atoms with van der Waals surface area (Å²) in [7, 11) is 0. The molecule has 720 valence electrons. The van der Waals surface area contributed by atoms with Gasteiger partial charge in [0.05, 0.1) is 118 Å². The molecule has 71 heteroatoms. The second-order valence-corrected chi connectivity index (χ2v) is 48.7. The van der Waals surface area contributed by atoms with Gasteiger partial charge in [-0.15, -0.1) is 11.8 Å². The maximum Gasteiger partial charge on any atom is 0.386 e. The Hall–Kier alpha value is -7.34. The van der Waals surface area contributed by atoms with Crippen LogP contribution >= 0.6 is 64.4 Å². The fourth-order valence-electron chi connectivity index (χ4n) is 16.0. The number of H-pyrrole nitrogens is 3. The molecule has 20 N–H and O–H groups in total. The smallest absolute Gasteiger partial charge is 0.386 e. The molecule has 0 aliphatic carbocycles. The maximum absolute atomic E-state index is 16.0. The van der Waals surface area contributed by atoms with E-state index in [-0.39, 0.29) is 80.3 Å². The lowest BCUT2D eigenvalue weighted by molar-refractivity contribution is -0.0584. The summed E-state index contributed by atoms with van der Waals surface area (Å²) in [5.41, 5.74) is 35.6. The fourth-order valence-corrected chi connectivity index (χ4v) is 26.2. The molecule has 21 heterocycles. The standard InChI is InChI=1S/C21H23F2N9O9P2S2.C21H23F2N9O8P2S3.C21H24FN9O9P2S2/c22-10-8-3-36-42(34,44)40-14-9(39-19(11(14)23)31-5-27-12-7(24)1-2-26-16(12)31)4-37-43(35,45)41-15(10)20(38-8)32-6-28-13-17(32)29-21(25)30-18(13)33;22-10-9-4-37-42(35,44)39-14-8(38-19(11(14)23)31-5-27-12-7(24)1-2-26-16(12)31)3-36-41(34,43)40-15(10)20(45-9)32-6-28-13-17(32)29-21(25)30-18(13)33;22-14-13-6-36-41(33,43)39-11-3-10(9-4-25-17-8(23)1-2-27-31(9)17)37-12(11)5-35-42(34,44)40-16(14)20(38-13)30-7-26-15-18(30)28-21(24)29-19(15)32/h1-2,5-6,8-11,14-15,19-20H,3-4H2,(H2,24,26)(H,34,44)(H,35,45)(H3,25,29,30,33);1-2,5-6,8-11,14-15,19-20H,3-4H2,(H2,24,26)(H,34,43)(H,35,44)(H3,25,29,30,33);1-2,4,7,10-14,16,20H,3,5-6,23H2,(H,33,43)(H,34,44)(H3,24,28,29,32)/t8-,9-,10-,11+,14-,15-,19-,20-,42?,43?;8-,9-,10-,11-,14-,15-,19-,20-,41?,42?;10-,11+,12-,13-,14-,16-,20-,41?,42?/m111/s1. The van der Waals surface area contributed by atoms with Crippen molar-refractivity contribution in [3.8, 4) is 0 Å². The van der Waals surface area contributed by atoms with Crippen LogP contribution in [-0.2, 0) is 142 Å². The zero-order valence-electron chi connectivity index (χ0n) is 67.0. The van der Waals surface area contributed by atoms with Crippen LogP contribution in [0.3, 0.4) is 0 Å². The molecule has 12 aromatic rings. The van der Waals surface area contributed by atoms with Gasteiger partial charge in [0, 0.05) is 18.8 Å². The summed E-state index contributed by atoms with van der Waals surface area (Å²) >= 11 is 31.0. The van der Waals surface area contributed by atoms with Crippen LogP contribution < -0.4 is 51.1 Å². The number of halogens is 5. The number of hydrogen-bond donors (Lipinski definition) is 15. The number of alkyl halides is 5. The van der Waals surface area contributed by atoms with Gasteiger partial charge in [-0.2, -0.15) is 20.1 Å². The van der Waals surface area contributed by atoms with Gasteiger partial charge in [-0.1, -0.05) is 12.2 Å². The summed E-state index contributed by atoms with van der Waals surface area (Å²) in [5, 5.41) is 2.18. The zero-order valence-corrected chi connectivity index (χ0v) is 78.1. The van der Waals surface area contributed by atoms with Gasteiger partial charge in [0.15, 0.2) is 100 Å². The van der Waals surface area contributed by atoms with Crippen molar-refractivity contribution in [1.82, 2.24) is 102 Å². The van der Waals surface area contributed by atoms with Crippen LogP contribution in [0.2, 0.25) is 0 Å². The number of nitrogen functional groups attached to an aromatic ring is 6. The van der Waals surface area contributed by atoms with Gasteiger partial charge in [-0.3, -0.25) is 79.3 Å². The number of thioether (sulfide) groups is 1. The predicted octanol–water partition coefficient (Wildman–Crippen LogP) is 2.78. The number of rotatable bonds is 6. The Morgan fingerprint density at radius 2 is 0.791 bits per heavy atom. The molecule has 9 aliphatic rings. The number of ether oxygens (including phenoxy) is 5. The number of pyridine rings is 2. The first-order valence-corrected chi connectivity index (χ1v) is 55.6. The van der Waals surface area contributed by atoms with Gasteiger partial charge < -0.3 is 110 Å². The summed E-state index contributed by atoms with van der Waals surface area (Å²) in [5.74, 6) is -0.688. The highest BCUT2D eigenvalue weighted by Gasteiger charge is 2.58. The van der Waals surface area contributed by atoms with E-state index in [1.807, 2.05) is 0 Å². The minimum absolute atomic E-state index is 0.0190. The molecule has 9 fully saturated rings. The number of hydrogen-bond acceptors (Lipinski definition) is 45. The predicted molar refractivity (Wildman–Crippen MR) is 476 cm³/mol. The number of imidazole rings is 6. The summed E-state index contributed by atoms with van der Waals surface area (Å²) in [4.78, 5) is 144. The third kappa shape index (κ3) is 18.8. The molecule has 0 amide bonds. The first-order chi connectivity index (χ1) is 63.5. The molecule has 0 spiro atoms. The molecular formula is C63H70F5N27O26P6S7. The van der Waals surface area contributed by atoms with E-state index in [9.17, 15) is 43.4 Å².